The van der Waals surface area contributed by atoms with Crippen molar-refractivity contribution in [2.75, 3.05) is 19.7 Å². The lowest BCUT2D eigenvalue weighted by Crippen LogP contribution is -2.46. The van der Waals surface area contributed by atoms with E-state index in [-0.39, 0.29) is 5.97 Å². The average molecular weight is 258 g/mol. The summed E-state index contributed by atoms with van der Waals surface area (Å²) in [4.78, 5) is 14.0. The Bertz CT molecular complexity index is 240. The summed E-state index contributed by atoms with van der Waals surface area (Å²) >= 11 is 0. The van der Waals surface area contributed by atoms with Crippen molar-refractivity contribution in [3.63, 3.8) is 0 Å². The van der Waals surface area contributed by atoms with Crippen LogP contribution in [0.5, 0.6) is 0 Å². The van der Waals surface area contributed by atoms with Gasteiger partial charge in [-0.25, -0.2) is 0 Å². The molecule has 0 fully saturated rings. The van der Waals surface area contributed by atoms with E-state index < -0.39 is 5.54 Å². The second-order valence-corrected chi connectivity index (χ2v) is 5.32. The molecular weight excluding hydrogens is 228 g/mol. The summed E-state index contributed by atoms with van der Waals surface area (Å²) < 4.78 is 4.97. The van der Waals surface area contributed by atoms with Crippen molar-refractivity contribution in [2.24, 2.45) is 5.73 Å². The van der Waals surface area contributed by atoms with Gasteiger partial charge in [0.2, 0.25) is 0 Å². The van der Waals surface area contributed by atoms with Crippen LogP contribution in [0.2, 0.25) is 0 Å². The van der Waals surface area contributed by atoms with E-state index in [1.165, 1.54) is 0 Å². The summed E-state index contributed by atoms with van der Waals surface area (Å²) in [5.74, 6) is -0.291. The fourth-order valence-corrected chi connectivity index (χ4v) is 1.99. The molecule has 0 aromatic rings. The van der Waals surface area contributed by atoms with Crippen LogP contribution in [0.4, 0.5) is 0 Å². The summed E-state index contributed by atoms with van der Waals surface area (Å²) in [7, 11) is 0. The number of rotatable bonds is 9. The van der Waals surface area contributed by atoms with Crippen molar-refractivity contribution in [3.8, 4) is 0 Å². The first-order valence-corrected chi connectivity index (χ1v) is 7.05. The lowest BCUT2D eigenvalue weighted by molar-refractivity contribution is -0.149. The number of nitrogens with zero attached hydrogens (tertiary/aromatic N) is 1. The van der Waals surface area contributed by atoms with Crippen LogP contribution in [0.25, 0.3) is 0 Å². The molecule has 0 aliphatic heterocycles. The molecule has 2 N–H and O–H groups in total. The monoisotopic (exact) mass is 258 g/mol. The first-order chi connectivity index (χ1) is 8.35. The molecule has 4 heteroatoms. The summed E-state index contributed by atoms with van der Waals surface area (Å²) in [5.41, 5.74) is 5.13. The number of esters is 1. The Hall–Kier alpha value is -0.610. The van der Waals surface area contributed by atoms with E-state index in [9.17, 15) is 4.79 Å². The van der Waals surface area contributed by atoms with Crippen molar-refractivity contribution in [3.05, 3.63) is 0 Å². The zero-order chi connectivity index (χ0) is 14.2. The van der Waals surface area contributed by atoms with Crippen molar-refractivity contribution in [1.29, 1.82) is 0 Å². The largest absolute Gasteiger partial charge is 0.465 e. The molecule has 0 spiro atoms. The van der Waals surface area contributed by atoms with Gasteiger partial charge < -0.3 is 15.4 Å². The molecule has 18 heavy (non-hydrogen) atoms. The van der Waals surface area contributed by atoms with Gasteiger partial charge in [-0.3, -0.25) is 4.79 Å². The van der Waals surface area contributed by atoms with Gasteiger partial charge in [-0.1, -0.05) is 6.92 Å². The third-order valence-corrected chi connectivity index (χ3v) is 3.27. The van der Waals surface area contributed by atoms with Crippen molar-refractivity contribution >= 4 is 5.97 Å². The first-order valence-electron chi connectivity index (χ1n) is 7.05. The summed E-state index contributed by atoms with van der Waals surface area (Å²) in [5, 5.41) is 0. The van der Waals surface area contributed by atoms with E-state index >= 15 is 0 Å². The van der Waals surface area contributed by atoms with Gasteiger partial charge in [0.05, 0.1) is 6.61 Å². The van der Waals surface area contributed by atoms with Crippen LogP contribution in [-0.4, -0.2) is 42.1 Å². The van der Waals surface area contributed by atoms with Gasteiger partial charge in [0, 0.05) is 6.04 Å². The maximum atomic E-state index is 11.6. The molecule has 1 unspecified atom stereocenters. The van der Waals surface area contributed by atoms with E-state index in [1.54, 1.807) is 13.8 Å². The lowest BCUT2D eigenvalue weighted by Gasteiger charge is -2.26. The predicted octanol–water partition coefficient (Wildman–Crippen LogP) is 2.17. The second kappa shape index (κ2) is 8.48. The van der Waals surface area contributed by atoms with Gasteiger partial charge in [-0.15, -0.1) is 0 Å². The molecule has 1 atom stereocenters. The van der Waals surface area contributed by atoms with Crippen LogP contribution < -0.4 is 5.73 Å². The molecule has 4 nitrogen and oxygen atoms in total. The van der Waals surface area contributed by atoms with Gasteiger partial charge in [0.25, 0.3) is 0 Å². The van der Waals surface area contributed by atoms with Crippen molar-refractivity contribution in [1.82, 2.24) is 4.90 Å². The number of nitrogens with two attached hydrogens (primary N) is 1. The van der Waals surface area contributed by atoms with Gasteiger partial charge in [0.1, 0.15) is 5.54 Å². The molecular formula is C14H30N2O2. The van der Waals surface area contributed by atoms with Crippen LogP contribution >= 0.6 is 0 Å². The minimum absolute atomic E-state index is 0.291. The molecule has 108 valence electrons. The Balaban J connectivity index is 3.92. The molecule has 0 radical (unpaired) electrons. The van der Waals surface area contributed by atoms with Gasteiger partial charge in [-0.05, 0) is 60.0 Å². The molecule has 0 rings (SSSR count). The standard InChI is InChI=1S/C14H30N2O2/c1-6-16(12(3)4)11-9-8-10-14(5,15)13(17)18-7-2/h12H,6-11,15H2,1-5H3. The van der Waals surface area contributed by atoms with Gasteiger partial charge in [-0.2, -0.15) is 0 Å². The maximum absolute atomic E-state index is 11.6. The smallest absolute Gasteiger partial charge is 0.325 e. The fourth-order valence-electron chi connectivity index (χ4n) is 1.99. The summed E-state index contributed by atoms with van der Waals surface area (Å²) in [6.07, 6.45) is 2.70. The van der Waals surface area contributed by atoms with Crippen LogP contribution in [0, 0.1) is 0 Å². The first kappa shape index (κ1) is 17.4. The molecule has 0 amide bonds. The Labute approximate surface area is 112 Å². The van der Waals surface area contributed by atoms with Crippen LogP contribution in [-0.2, 0) is 9.53 Å². The maximum Gasteiger partial charge on any atom is 0.325 e. The molecule has 0 bridgehead atoms. The normalized spacial score (nSPS) is 14.9. The zero-order valence-corrected chi connectivity index (χ0v) is 12.7. The van der Waals surface area contributed by atoms with Crippen LogP contribution in [0.15, 0.2) is 0 Å². The number of hydrogen-bond acceptors (Lipinski definition) is 4. The van der Waals surface area contributed by atoms with Gasteiger partial charge in [0.15, 0.2) is 0 Å². The van der Waals surface area contributed by atoms with E-state index in [4.69, 9.17) is 10.5 Å². The topological polar surface area (TPSA) is 55.6 Å². The molecule has 0 saturated heterocycles. The Morgan fingerprint density at radius 3 is 2.39 bits per heavy atom. The minimum Gasteiger partial charge on any atom is -0.465 e. The molecule has 0 aromatic carbocycles. The number of carbonyl (C=O) groups is 1. The van der Waals surface area contributed by atoms with E-state index in [1.807, 2.05) is 0 Å². The second-order valence-electron chi connectivity index (χ2n) is 5.32. The third-order valence-electron chi connectivity index (χ3n) is 3.27. The Morgan fingerprint density at radius 1 is 1.33 bits per heavy atom. The van der Waals surface area contributed by atoms with Crippen LogP contribution in [0.3, 0.4) is 0 Å². The number of hydrogen-bond donors (Lipinski definition) is 1. The highest BCUT2D eigenvalue weighted by Crippen LogP contribution is 2.13. The Kier molecular flexibility index (Phi) is 8.20. The van der Waals surface area contributed by atoms with Gasteiger partial charge >= 0.3 is 5.97 Å². The lowest BCUT2D eigenvalue weighted by atomic mass is 9.96. The summed E-state index contributed by atoms with van der Waals surface area (Å²) in [6, 6.07) is 0.573. The van der Waals surface area contributed by atoms with E-state index in [0.29, 0.717) is 19.1 Å². The highest BCUT2D eigenvalue weighted by molar-refractivity contribution is 5.79. The number of ether oxygens (including phenoxy) is 1. The highest BCUT2D eigenvalue weighted by Gasteiger charge is 2.29. The summed E-state index contributed by atoms with van der Waals surface area (Å²) in [6.45, 7) is 12.7. The minimum atomic E-state index is -0.842. The molecule has 0 aliphatic carbocycles. The van der Waals surface area contributed by atoms with Crippen LogP contribution in [0.1, 0.15) is 53.9 Å². The number of unbranched alkanes of at least 4 members (excludes halogenated alkanes) is 1. The third kappa shape index (κ3) is 6.36. The highest BCUT2D eigenvalue weighted by atomic mass is 16.5. The van der Waals surface area contributed by atoms with Crippen molar-refractivity contribution < 1.29 is 9.53 Å². The average Bonchev–Trinajstić information content (AvgIpc) is 2.28. The molecule has 0 heterocycles. The van der Waals surface area contributed by atoms with Crippen molar-refractivity contribution in [2.45, 2.75) is 65.5 Å². The molecule has 0 aliphatic rings. The molecule has 0 aromatic heterocycles. The Morgan fingerprint density at radius 2 is 1.94 bits per heavy atom. The SMILES string of the molecule is CCOC(=O)C(C)(N)CCCCN(CC)C(C)C. The van der Waals surface area contributed by atoms with E-state index in [2.05, 4.69) is 25.7 Å². The van der Waals surface area contributed by atoms with E-state index in [0.717, 1.165) is 25.9 Å². The fraction of sp³-hybridized carbons (Fsp3) is 0.929. The predicted molar refractivity (Wildman–Crippen MR) is 75.5 cm³/mol. The zero-order valence-electron chi connectivity index (χ0n) is 12.7. The quantitative estimate of drug-likeness (QED) is 0.508. The molecule has 0 saturated carbocycles. The number of carbonyl (C=O) groups excluding carboxylic acids is 1.